The van der Waals surface area contributed by atoms with Gasteiger partial charge in [0.25, 0.3) is 0 Å². The largest absolute Gasteiger partial charge is 0.370 e. The number of rotatable bonds is 7. The summed E-state index contributed by atoms with van der Waals surface area (Å²) < 4.78 is 27.9. The van der Waals surface area contributed by atoms with Crippen molar-refractivity contribution in [2.24, 2.45) is 11.8 Å². The Morgan fingerprint density at radius 1 is 1.17 bits per heavy atom. The number of sulfonamides is 1. The van der Waals surface area contributed by atoms with Crippen molar-refractivity contribution in [2.75, 3.05) is 29.9 Å². The fourth-order valence-electron chi connectivity index (χ4n) is 3.25. The van der Waals surface area contributed by atoms with Crippen molar-refractivity contribution in [3.63, 3.8) is 0 Å². The van der Waals surface area contributed by atoms with E-state index in [2.05, 4.69) is 19.9 Å². The van der Waals surface area contributed by atoms with Crippen LogP contribution in [0.15, 0.2) is 53.7 Å². The number of benzene rings is 1. The molecule has 8 heteroatoms. The minimum absolute atomic E-state index is 0.101. The van der Waals surface area contributed by atoms with Gasteiger partial charge in [-0.3, -0.25) is 9.78 Å². The van der Waals surface area contributed by atoms with Gasteiger partial charge >= 0.3 is 0 Å². The van der Waals surface area contributed by atoms with Crippen LogP contribution in [0.5, 0.6) is 0 Å². The Labute approximate surface area is 172 Å². The number of piperidine rings is 1. The molecule has 3 rings (SSSR count). The molecule has 156 valence electrons. The van der Waals surface area contributed by atoms with Gasteiger partial charge in [-0.05, 0) is 55.2 Å². The highest BCUT2D eigenvalue weighted by atomic mass is 32.2. The van der Waals surface area contributed by atoms with Crippen molar-refractivity contribution >= 4 is 27.3 Å². The van der Waals surface area contributed by atoms with Crippen molar-refractivity contribution in [2.45, 2.75) is 31.6 Å². The molecular formula is C21H28N4O3S. The number of anilines is 2. The molecule has 1 saturated heterocycles. The SMILES string of the molecule is CC(C)C(=O)Nc1ccc(S(=O)(=O)NCC2CCN(c3cccnc3)CC2)cc1. The fourth-order valence-corrected chi connectivity index (χ4v) is 4.37. The molecule has 1 aliphatic heterocycles. The maximum absolute atomic E-state index is 12.6. The van der Waals surface area contributed by atoms with E-state index in [1.165, 1.54) is 12.1 Å². The van der Waals surface area contributed by atoms with Crippen LogP contribution in [0.3, 0.4) is 0 Å². The Morgan fingerprint density at radius 3 is 2.45 bits per heavy atom. The zero-order chi connectivity index (χ0) is 20.9. The smallest absolute Gasteiger partial charge is 0.240 e. The molecule has 0 saturated carbocycles. The molecule has 1 aromatic heterocycles. The summed E-state index contributed by atoms with van der Waals surface area (Å²) in [6.07, 6.45) is 5.47. The number of pyridine rings is 1. The lowest BCUT2D eigenvalue weighted by Crippen LogP contribution is -2.38. The van der Waals surface area contributed by atoms with E-state index in [1.54, 1.807) is 32.2 Å². The molecule has 1 aliphatic rings. The van der Waals surface area contributed by atoms with Gasteiger partial charge in [-0.2, -0.15) is 0 Å². The highest BCUT2D eigenvalue weighted by Crippen LogP contribution is 2.22. The van der Waals surface area contributed by atoms with E-state index in [4.69, 9.17) is 0 Å². The van der Waals surface area contributed by atoms with E-state index in [0.29, 0.717) is 18.2 Å². The van der Waals surface area contributed by atoms with Crippen LogP contribution in [0, 0.1) is 11.8 Å². The molecule has 2 aromatic rings. The number of aromatic nitrogens is 1. The van der Waals surface area contributed by atoms with E-state index in [9.17, 15) is 13.2 Å². The van der Waals surface area contributed by atoms with E-state index in [0.717, 1.165) is 31.6 Å². The minimum atomic E-state index is -3.57. The van der Waals surface area contributed by atoms with Gasteiger partial charge in [0.15, 0.2) is 0 Å². The van der Waals surface area contributed by atoms with Crippen molar-refractivity contribution in [1.29, 1.82) is 0 Å². The van der Waals surface area contributed by atoms with Gasteiger partial charge in [0, 0.05) is 37.4 Å². The number of hydrogen-bond donors (Lipinski definition) is 2. The van der Waals surface area contributed by atoms with Gasteiger partial charge in [0.2, 0.25) is 15.9 Å². The minimum Gasteiger partial charge on any atom is -0.370 e. The molecule has 0 atom stereocenters. The molecule has 0 spiro atoms. The number of carbonyl (C=O) groups is 1. The summed E-state index contributed by atoms with van der Waals surface area (Å²) >= 11 is 0. The number of nitrogens with one attached hydrogen (secondary N) is 2. The highest BCUT2D eigenvalue weighted by molar-refractivity contribution is 7.89. The van der Waals surface area contributed by atoms with Crippen LogP contribution in [-0.4, -0.2) is 38.9 Å². The quantitative estimate of drug-likeness (QED) is 0.724. The summed E-state index contributed by atoms with van der Waals surface area (Å²) in [5.74, 6) is 0.0725. The van der Waals surface area contributed by atoms with Crippen LogP contribution < -0.4 is 14.9 Å². The molecule has 1 aromatic carbocycles. The first-order chi connectivity index (χ1) is 13.8. The zero-order valence-corrected chi connectivity index (χ0v) is 17.7. The van der Waals surface area contributed by atoms with E-state index in [1.807, 2.05) is 18.3 Å². The standard InChI is InChI=1S/C21H28N4O3S/c1-16(2)21(26)24-18-5-7-20(8-6-18)29(27,28)23-14-17-9-12-25(13-10-17)19-4-3-11-22-15-19/h3-8,11,15-17,23H,9-10,12-14H2,1-2H3,(H,24,26). The Bertz CT molecular complexity index is 907. The van der Waals surface area contributed by atoms with Gasteiger partial charge in [-0.1, -0.05) is 13.8 Å². The van der Waals surface area contributed by atoms with Crippen LogP contribution in [-0.2, 0) is 14.8 Å². The predicted molar refractivity (Wildman–Crippen MR) is 114 cm³/mol. The number of amides is 1. The Kier molecular flexibility index (Phi) is 6.87. The van der Waals surface area contributed by atoms with Crippen LogP contribution in [0.25, 0.3) is 0 Å². The fraction of sp³-hybridized carbons (Fsp3) is 0.429. The molecule has 1 amide bonds. The Hall–Kier alpha value is -2.45. The van der Waals surface area contributed by atoms with E-state index < -0.39 is 10.0 Å². The summed E-state index contributed by atoms with van der Waals surface area (Å²) in [5.41, 5.74) is 1.70. The maximum Gasteiger partial charge on any atom is 0.240 e. The van der Waals surface area contributed by atoms with Crippen molar-refractivity contribution in [3.8, 4) is 0 Å². The molecule has 29 heavy (non-hydrogen) atoms. The molecule has 2 heterocycles. The van der Waals surface area contributed by atoms with Crippen LogP contribution >= 0.6 is 0 Å². The predicted octanol–water partition coefficient (Wildman–Crippen LogP) is 2.87. The average molecular weight is 417 g/mol. The topological polar surface area (TPSA) is 91.4 Å². The average Bonchev–Trinajstić information content (AvgIpc) is 2.73. The Balaban J connectivity index is 1.51. The molecule has 7 nitrogen and oxygen atoms in total. The first kappa shape index (κ1) is 21.3. The molecule has 2 N–H and O–H groups in total. The van der Waals surface area contributed by atoms with Crippen molar-refractivity contribution < 1.29 is 13.2 Å². The number of hydrogen-bond acceptors (Lipinski definition) is 5. The zero-order valence-electron chi connectivity index (χ0n) is 16.8. The number of carbonyl (C=O) groups excluding carboxylic acids is 1. The highest BCUT2D eigenvalue weighted by Gasteiger charge is 2.22. The lowest BCUT2D eigenvalue weighted by Gasteiger charge is -2.33. The van der Waals surface area contributed by atoms with Crippen molar-refractivity contribution in [3.05, 3.63) is 48.8 Å². The molecule has 0 radical (unpaired) electrons. The summed E-state index contributed by atoms with van der Waals surface area (Å²) in [6.45, 7) is 5.82. The summed E-state index contributed by atoms with van der Waals surface area (Å²) in [5, 5.41) is 2.76. The number of nitrogens with zero attached hydrogens (tertiary/aromatic N) is 2. The van der Waals surface area contributed by atoms with E-state index in [-0.39, 0.29) is 16.7 Å². The van der Waals surface area contributed by atoms with Crippen LogP contribution in [0.2, 0.25) is 0 Å². The second-order valence-corrected chi connectivity index (χ2v) is 9.43. The summed E-state index contributed by atoms with van der Waals surface area (Å²) in [7, 11) is -3.57. The maximum atomic E-state index is 12.6. The van der Waals surface area contributed by atoms with E-state index >= 15 is 0 Å². The van der Waals surface area contributed by atoms with Crippen LogP contribution in [0.4, 0.5) is 11.4 Å². The summed E-state index contributed by atoms with van der Waals surface area (Å²) in [4.78, 5) is 18.4. The van der Waals surface area contributed by atoms with Gasteiger partial charge in [-0.25, -0.2) is 13.1 Å². The van der Waals surface area contributed by atoms with Gasteiger partial charge < -0.3 is 10.2 Å². The molecule has 0 unspecified atom stereocenters. The third kappa shape index (κ3) is 5.77. The third-order valence-corrected chi connectivity index (χ3v) is 6.58. The lowest BCUT2D eigenvalue weighted by atomic mass is 9.97. The molecule has 0 bridgehead atoms. The normalized spacial score (nSPS) is 15.5. The van der Waals surface area contributed by atoms with Gasteiger partial charge in [0.1, 0.15) is 0 Å². The van der Waals surface area contributed by atoms with Gasteiger partial charge in [0.05, 0.1) is 16.8 Å². The monoisotopic (exact) mass is 416 g/mol. The van der Waals surface area contributed by atoms with Crippen LogP contribution in [0.1, 0.15) is 26.7 Å². The van der Waals surface area contributed by atoms with Crippen molar-refractivity contribution in [1.82, 2.24) is 9.71 Å². The Morgan fingerprint density at radius 2 is 1.86 bits per heavy atom. The first-order valence-electron chi connectivity index (χ1n) is 9.91. The summed E-state index contributed by atoms with van der Waals surface area (Å²) in [6, 6.07) is 10.2. The second-order valence-electron chi connectivity index (χ2n) is 7.66. The third-order valence-electron chi connectivity index (χ3n) is 5.14. The molecule has 0 aliphatic carbocycles. The molecule has 1 fully saturated rings. The lowest BCUT2D eigenvalue weighted by molar-refractivity contribution is -0.118. The second kappa shape index (κ2) is 9.37. The van der Waals surface area contributed by atoms with Gasteiger partial charge in [-0.15, -0.1) is 0 Å². The first-order valence-corrected chi connectivity index (χ1v) is 11.4. The molecular weight excluding hydrogens is 388 g/mol.